The van der Waals surface area contributed by atoms with Crippen LogP contribution in [0.5, 0.6) is 23.0 Å². The molecule has 0 amide bonds. The largest absolute Gasteiger partial charge is 0.492 e. The van der Waals surface area contributed by atoms with E-state index in [0.29, 0.717) is 34.1 Å². The van der Waals surface area contributed by atoms with Gasteiger partial charge in [0, 0.05) is 5.56 Å². The quantitative estimate of drug-likeness (QED) is 0.667. The summed E-state index contributed by atoms with van der Waals surface area (Å²) in [6.07, 6.45) is 0. The second-order valence-corrected chi connectivity index (χ2v) is 5.07. The van der Waals surface area contributed by atoms with Crippen molar-refractivity contribution in [2.24, 2.45) is 0 Å². The van der Waals surface area contributed by atoms with Crippen molar-refractivity contribution in [3.63, 3.8) is 0 Å². The Labute approximate surface area is 156 Å². The Morgan fingerprint density at radius 1 is 0.704 bits per heavy atom. The van der Waals surface area contributed by atoms with E-state index in [2.05, 4.69) is 15.0 Å². The SMILES string of the molecule is COc1c(C)c(-c2nc(N)nc(N(OC)OC)n2)c(OC)c(OC)c1OC. The lowest BCUT2D eigenvalue weighted by molar-refractivity contribution is -0.0471. The van der Waals surface area contributed by atoms with Crippen LogP contribution < -0.4 is 29.9 Å². The summed E-state index contributed by atoms with van der Waals surface area (Å²) in [5.74, 6) is 1.74. The van der Waals surface area contributed by atoms with Crippen molar-refractivity contribution in [1.82, 2.24) is 15.0 Å². The van der Waals surface area contributed by atoms with Crippen molar-refractivity contribution in [3.8, 4) is 34.4 Å². The first-order valence-corrected chi connectivity index (χ1v) is 7.74. The minimum absolute atomic E-state index is 0.0377. The van der Waals surface area contributed by atoms with Gasteiger partial charge in [-0.3, -0.25) is 0 Å². The third-order valence-corrected chi connectivity index (χ3v) is 3.74. The Kier molecular flexibility index (Phi) is 6.42. The van der Waals surface area contributed by atoms with Crippen LogP contribution in [0.25, 0.3) is 11.4 Å². The van der Waals surface area contributed by atoms with Gasteiger partial charge in [0.2, 0.25) is 17.4 Å². The van der Waals surface area contributed by atoms with Crippen LogP contribution in [-0.4, -0.2) is 57.6 Å². The van der Waals surface area contributed by atoms with E-state index in [-0.39, 0.29) is 17.7 Å². The zero-order valence-electron chi connectivity index (χ0n) is 16.3. The molecule has 1 aromatic carbocycles. The first-order chi connectivity index (χ1) is 13.0. The molecule has 0 radical (unpaired) electrons. The highest BCUT2D eigenvalue weighted by Crippen LogP contribution is 2.52. The molecular weight excluding hydrogens is 358 g/mol. The van der Waals surface area contributed by atoms with Gasteiger partial charge in [-0.25, -0.2) is 9.68 Å². The fraction of sp³-hybridized carbons (Fsp3) is 0.438. The molecule has 0 atom stereocenters. The summed E-state index contributed by atoms with van der Waals surface area (Å²) in [6, 6.07) is 0. The maximum atomic E-state index is 5.85. The zero-order valence-corrected chi connectivity index (χ0v) is 16.3. The summed E-state index contributed by atoms with van der Waals surface area (Å²) in [7, 11) is 8.81. The minimum atomic E-state index is -0.0377. The molecule has 2 rings (SSSR count). The lowest BCUT2D eigenvalue weighted by Gasteiger charge is -2.21. The van der Waals surface area contributed by atoms with Crippen LogP contribution in [0.4, 0.5) is 11.9 Å². The molecule has 11 heteroatoms. The van der Waals surface area contributed by atoms with Gasteiger partial charge in [0.25, 0.3) is 5.95 Å². The summed E-state index contributed by atoms with van der Waals surface area (Å²) in [5.41, 5.74) is 7.01. The predicted octanol–water partition coefficient (Wildman–Crippen LogP) is 1.39. The number of methoxy groups -OCH3 is 4. The molecule has 2 aromatic rings. The number of aromatic nitrogens is 3. The molecule has 148 valence electrons. The number of benzene rings is 1. The standard InChI is InChI=1S/C16H23N5O6/c1-8-9(11(23-3)13(25-5)12(24-4)10(8)22-2)14-18-15(17)20-16(19-14)21(26-6)27-7/h1-7H3,(H2,17,18,19,20). The lowest BCUT2D eigenvalue weighted by Crippen LogP contribution is -2.23. The number of anilines is 2. The summed E-state index contributed by atoms with van der Waals surface area (Å²) in [6.45, 7) is 1.81. The fourth-order valence-corrected chi connectivity index (χ4v) is 2.67. The zero-order chi connectivity index (χ0) is 20.1. The molecule has 0 saturated heterocycles. The number of nitrogens with two attached hydrogens (primary N) is 1. The van der Waals surface area contributed by atoms with Crippen LogP contribution in [0.2, 0.25) is 0 Å². The molecule has 0 saturated carbocycles. The Hall–Kier alpha value is -3.05. The van der Waals surface area contributed by atoms with Crippen molar-refractivity contribution in [2.45, 2.75) is 6.92 Å². The second-order valence-electron chi connectivity index (χ2n) is 5.07. The molecule has 0 aliphatic carbocycles. The van der Waals surface area contributed by atoms with Gasteiger partial charge in [-0.1, -0.05) is 5.23 Å². The first-order valence-electron chi connectivity index (χ1n) is 7.74. The predicted molar refractivity (Wildman–Crippen MR) is 97.1 cm³/mol. The number of ether oxygens (including phenoxy) is 4. The highest BCUT2D eigenvalue weighted by atomic mass is 16.9. The van der Waals surface area contributed by atoms with E-state index in [1.807, 2.05) is 6.92 Å². The fourth-order valence-electron chi connectivity index (χ4n) is 2.67. The van der Waals surface area contributed by atoms with Gasteiger partial charge in [0.15, 0.2) is 17.3 Å². The molecule has 0 fully saturated rings. The van der Waals surface area contributed by atoms with Gasteiger partial charge in [0.05, 0.1) is 48.2 Å². The molecule has 11 nitrogen and oxygen atoms in total. The van der Waals surface area contributed by atoms with E-state index in [4.69, 9.17) is 34.4 Å². The highest BCUT2D eigenvalue weighted by molar-refractivity contribution is 5.80. The van der Waals surface area contributed by atoms with Crippen LogP contribution in [0.3, 0.4) is 0 Å². The van der Waals surface area contributed by atoms with Crippen molar-refractivity contribution < 1.29 is 28.6 Å². The highest BCUT2D eigenvalue weighted by Gasteiger charge is 2.28. The maximum absolute atomic E-state index is 5.85. The third-order valence-electron chi connectivity index (χ3n) is 3.74. The van der Waals surface area contributed by atoms with Crippen LogP contribution in [0.15, 0.2) is 0 Å². The first kappa shape index (κ1) is 20.3. The van der Waals surface area contributed by atoms with Crippen molar-refractivity contribution in [3.05, 3.63) is 5.56 Å². The number of hydrogen-bond acceptors (Lipinski definition) is 11. The molecule has 2 N–H and O–H groups in total. The van der Waals surface area contributed by atoms with Crippen molar-refractivity contribution >= 4 is 11.9 Å². The van der Waals surface area contributed by atoms with Gasteiger partial charge in [-0.15, -0.1) is 0 Å². The Morgan fingerprint density at radius 3 is 1.70 bits per heavy atom. The van der Waals surface area contributed by atoms with E-state index in [0.717, 1.165) is 5.23 Å². The lowest BCUT2D eigenvalue weighted by atomic mass is 10.0. The summed E-state index contributed by atoms with van der Waals surface area (Å²) < 4.78 is 22.0. The Balaban J connectivity index is 2.86. The number of nitrogen functional groups attached to an aromatic ring is 1. The molecular formula is C16H23N5O6. The summed E-state index contributed by atoms with van der Waals surface area (Å²) in [5, 5.41) is 0.987. The topological polar surface area (TPSA) is 123 Å². The van der Waals surface area contributed by atoms with Gasteiger partial charge >= 0.3 is 0 Å². The Morgan fingerprint density at radius 2 is 1.22 bits per heavy atom. The molecule has 1 aromatic heterocycles. The smallest absolute Gasteiger partial charge is 0.283 e. The molecule has 0 aliphatic heterocycles. The average Bonchev–Trinajstić information content (AvgIpc) is 2.67. The van der Waals surface area contributed by atoms with Gasteiger partial charge in [-0.2, -0.15) is 15.0 Å². The number of nitrogens with zero attached hydrogens (tertiary/aromatic N) is 4. The Bertz CT molecular complexity index is 813. The van der Waals surface area contributed by atoms with E-state index in [9.17, 15) is 0 Å². The van der Waals surface area contributed by atoms with Gasteiger partial charge in [-0.05, 0) is 6.92 Å². The molecule has 0 unspecified atom stereocenters. The normalized spacial score (nSPS) is 10.5. The van der Waals surface area contributed by atoms with Crippen LogP contribution >= 0.6 is 0 Å². The van der Waals surface area contributed by atoms with Crippen molar-refractivity contribution in [1.29, 1.82) is 0 Å². The summed E-state index contributed by atoms with van der Waals surface area (Å²) >= 11 is 0. The maximum Gasteiger partial charge on any atom is 0.283 e. The summed E-state index contributed by atoms with van der Waals surface area (Å²) in [4.78, 5) is 22.7. The average molecular weight is 381 g/mol. The molecule has 27 heavy (non-hydrogen) atoms. The van der Waals surface area contributed by atoms with Crippen LogP contribution in [0.1, 0.15) is 5.56 Å². The van der Waals surface area contributed by atoms with Crippen LogP contribution in [0, 0.1) is 6.92 Å². The number of hydrogen-bond donors (Lipinski definition) is 1. The van der Waals surface area contributed by atoms with Crippen LogP contribution in [-0.2, 0) is 9.68 Å². The second kappa shape index (κ2) is 8.56. The van der Waals surface area contributed by atoms with Gasteiger partial charge < -0.3 is 24.7 Å². The monoisotopic (exact) mass is 381 g/mol. The molecule has 0 aliphatic rings. The molecule has 1 heterocycles. The van der Waals surface area contributed by atoms with Crippen molar-refractivity contribution in [2.75, 3.05) is 53.6 Å². The minimum Gasteiger partial charge on any atom is -0.492 e. The van der Waals surface area contributed by atoms with E-state index in [1.54, 1.807) is 0 Å². The number of rotatable bonds is 8. The van der Waals surface area contributed by atoms with Gasteiger partial charge in [0.1, 0.15) is 0 Å². The molecule has 0 bridgehead atoms. The van der Waals surface area contributed by atoms with E-state index in [1.165, 1.54) is 42.7 Å². The third kappa shape index (κ3) is 3.59. The van der Waals surface area contributed by atoms with E-state index < -0.39 is 0 Å². The molecule has 0 spiro atoms. The van der Waals surface area contributed by atoms with E-state index >= 15 is 0 Å².